The number of Topliss-reactive ketones (excluding diaryl/α,β-unsaturated/α-hetero) is 1. The van der Waals surface area contributed by atoms with Crippen LogP contribution in [-0.2, 0) is 14.3 Å². The highest BCUT2D eigenvalue weighted by atomic mass is 16.6. The van der Waals surface area contributed by atoms with Gasteiger partial charge in [0.25, 0.3) is 0 Å². The monoisotopic (exact) mass is 241 g/mol. The number of carbonyl (C=O) groups excluding carboxylic acids is 1. The van der Waals surface area contributed by atoms with Crippen LogP contribution in [0, 0.1) is 5.92 Å². The molecule has 2 rings (SSSR count). The van der Waals surface area contributed by atoms with Gasteiger partial charge >= 0.3 is 0 Å². The Labute approximate surface area is 103 Å². The van der Waals surface area contributed by atoms with E-state index in [-0.39, 0.29) is 23.3 Å². The molecular weight excluding hydrogens is 218 g/mol. The van der Waals surface area contributed by atoms with Crippen LogP contribution in [0.5, 0.6) is 0 Å². The van der Waals surface area contributed by atoms with E-state index < -0.39 is 0 Å². The molecule has 0 radical (unpaired) electrons. The summed E-state index contributed by atoms with van der Waals surface area (Å²) in [6.45, 7) is 4.11. The average molecular weight is 241 g/mol. The molecule has 2 aliphatic heterocycles. The fourth-order valence-corrected chi connectivity index (χ4v) is 2.89. The third-order valence-corrected chi connectivity index (χ3v) is 3.93. The van der Waals surface area contributed by atoms with Crippen molar-refractivity contribution in [2.24, 2.45) is 11.7 Å². The number of carbonyl (C=O) groups is 1. The van der Waals surface area contributed by atoms with Crippen molar-refractivity contribution < 1.29 is 14.3 Å². The van der Waals surface area contributed by atoms with Gasteiger partial charge in [0.1, 0.15) is 0 Å². The molecule has 2 saturated heterocycles. The first-order valence-electron chi connectivity index (χ1n) is 6.68. The Balaban J connectivity index is 1.94. The lowest BCUT2D eigenvalue weighted by Crippen LogP contribution is -2.46. The van der Waals surface area contributed by atoms with Crippen LogP contribution in [0.15, 0.2) is 0 Å². The summed E-state index contributed by atoms with van der Waals surface area (Å²) in [5.41, 5.74) is 5.73. The van der Waals surface area contributed by atoms with Crippen LogP contribution in [0.2, 0.25) is 0 Å². The van der Waals surface area contributed by atoms with E-state index >= 15 is 0 Å². The van der Waals surface area contributed by atoms with Gasteiger partial charge in [-0.15, -0.1) is 0 Å². The minimum Gasteiger partial charge on any atom is -0.378 e. The molecule has 2 heterocycles. The first-order chi connectivity index (χ1) is 8.17. The molecule has 0 amide bonds. The van der Waals surface area contributed by atoms with Crippen molar-refractivity contribution in [3.05, 3.63) is 0 Å². The summed E-state index contributed by atoms with van der Waals surface area (Å²) in [5.74, 6) is 0.299. The third kappa shape index (κ3) is 2.87. The summed E-state index contributed by atoms with van der Waals surface area (Å²) in [6.07, 6.45) is 4.28. The molecule has 98 valence electrons. The Hall–Kier alpha value is -0.450. The average Bonchev–Trinajstić information content (AvgIpc) is 2.76. The van der Waals surface area contributed by atoms with E-state index in [0.717, 1.165) is 38.7 Å². The Morgan fingerprint density at radius 3 is 3.00 bits per heavy atom. The smallest absolute Gasteiger partial charge is 0.152 e. The van der Waals surface area contributed by atoms with Crippen molar-refractivity contribution in [3.63, 3.8) is 0 Å². The lowest BCUT2D eigenvalue weighted by atomic mass is 9.80. The molecule has 2 fully saturated rings. The maximum Gasteiger partial charge on any atom is 0.152 e. The second-order valence-corrected chi connectivity index (χ2v) is 5.32. The standard InChI is InChI=1S/C13H23NO3/c1-2-3-11(14)12(15)10-4-6-17-13(8-10)5-7-16-9-13/h10-11H,2-9,14H2,1H3. The largest absolute Gasteiger partial charge is 0.378 e. The lowest BCUT2D eigenvalue weighted by molar-refractivity contribution is -0.138. The minimum atomic E-state index is -0.289. The molecule has 3 atom stereocenters. The van der Waals surface area contributed by atoms with Crippen molar-refractivity contribution in [2.45, 2.75) is 50.7 Å². The summed E-state index contributed by atoms with van der Waals surface area (Å²) in [4.78, 5) is 12.2. The van der Waals surface area contributed by atoms with E-state index in [1.807, 2.05) is 0 Å². The first kappa shape index (κ1) is 13.0. The summed E-state index contributed by atoms with van der Waals surface area (Å²) < 4.78 is 11.2. The number of hydrogen-bond donors (Lipinski definition) is 1. The zero-order chi connectivity index (χ0) is 12.3. The molecule has 0 aliphatic carbocycles. The van der Waals surface area contributed by atoms with Gasteiger partial charge in [0.15, 0.2) is 5.78 Å². The molecule has 4 nitrogen and oxygen atoms in total. The van der Waals surface area contributed by atoms with Crippen LogP contribution in [0.1, 0.15) is 39.0 Å². The van der Waals surface area contributed by atoms with Crippen LogP contribution in [0.25, 0.3) is 0 Å². The molecule has 1 spiro atoms. The maximum atomic E-state index is 12.2. The maximum absolute atomic E-state index is 12.2. The molecule has 4 heteroatoms. The van der Waals surface area contributed by atoms with Crippen LogP contribution in [-0.4, -0.2) is 37.2 Å². The van der Waals surface area contributed by atoms with E-state index in [1.165, 1.54) is 0 Å². The molecule has 3 unspecified atom stereocenters. The van der Waals surface area contributed by atoms with Crippen molar-refractivity contribution in [2.75, 3.05) is 19.8 Å². The first-order valence-corrected chi connectivity index (χ1v) is 6.68. The molecule has 17 heavy (non-hydrogen) atoms. The molecule has 2 N–H and O–H groups in total. The fourth-order valence-electron chi connectivity index (χ4n) is 2.89. The lowest BCUT2D eigenvalue weighted by Gasteiger charge is -2.37. The molecular formula is C13H23NO3. The van der Waals surface area contributed by atoms with Crippen LogP contribution < -0.4 is 5.73 Å². The van der Waals surface area contributed by atoms with Gasteiger partial charge in [0.2, 0.25) is 0 Å². The Morgan fingerprint density at radius 2 is 2.35 bits per heavy atom. The second-order valence-electron chi connectivity index (χ2n) is 5.32. The quantitative estimate of drug-likeness (QED) is 0.805. The Morgan fingerprint density at radius 1 is 1.53 bits per heavy atom. The summed E-state index contributed by atoms with van der Waals surface area (Å²) in [6, 6.07) is -0.289. The fraction of sp³-hybridized carbons (Fsp3) is 0.923. The van der Waals surface area contributed by atoms with Crippen molar-refractivity contribution in [3.8, 4) is 0 Å². The van der Waals surface area contributed by atoms with E-state index in [2.05, 4.69) is 6.92 Å². The number of ketones is 1. The molecule has 0 bridgehead atoms. The SMILES string of the molecule is CCCC(N)C(=O)C1CCOC2(CCOC2)C1. The molecule has 0 saturated carbocycles. The third-order valence-electron chi connectivity index (χ3n) is 3.93. The van der Waals surface area contributed by atoms with E-state index in [9.17, 15) is 4.79 Å². The second kappa shape index (κ2) is 5.46. The Kier molecular flexibility index (Phi) is 4.17. The summed E-state index contributed by atoms with van der Waals surface area (Å²) in [5, 5.41) is 0. The predicted molar refractivity (Wildman–Crippen MR) is 64.7 cm³/mol. The van der Waals surface area contributed by atoms with Crippen molar-refractivity contribution in [1.82, 2.24) is 0 Å². The van der Waals surface area contributed by atoms with Crippen LogP contribution in [0.4, 0.5) is 0 Å². The number of hydrogen-bond acceptors (Lipinski definition) is 4. The van der Waals surface area contributed by atoms with Crippen molar-refractivity contribution >= 4 is 5.78 Å². The molecule has 2 aliphatic rings. The number of rotatable bonds is 4. The zero-order valence-corrected chi connectivity index (χ0v) is 10.6. The van der Waals surface area contributed by atoms with E-state index in [1.54, 1.807) is 0 Å². The highest BCUT2D eigenvalue weighted by Crippen LogP contribution is 2.36. The molecule has 0 aromatic rings. The van der Waals surface area contributed by atoms with Gasteiger partial charge in [-0.3, -0.25) is 4.79 Å². The highest BCUT2D eigenvalue weighted by Gasteiger charge is 2.43. The van der Waals surface area contributed by atoms with Crippen LogP contribution >= 0.6 is 0 Å². The van der Waals surface area contributed by atoms with Gasteiger partial charge in [0.05, 0.1) is 18.2 Å². The number of ether oxygens (including phenoxy) is 2. The highest BCUT2D eigenvalue weighted by molar-refractivity contribution is 5.86. The minimum absolute atomic E-state index is 0.0759. The van der Waals surface area contributed by atoms with Gasteiger partial charge in [0, 0.05) is 25.6 Å². The summed E-state index contributed by atoms with van der Waals surface area (Å²) >= 11 is 0. The summed E-state index contributed by atoms with van der Waals surface area (Å²) in [7, 11) is 0. The normalized spacial score (nSPS) is 35.1. The van der Waals surface area contributed by atoms with E-state index in [4.69, 9.17) is 15.2 Å². The Bertz CT molecular complexity index is 274. The van der Waals surface area contributed by atoms with Gasteiger partial charge in [-0.25, -0.2) is 0 Å². The van der Waals surface area contributed by atoms with Gasteiger partial charge in [-0.05, 0) is 19.3 Å². The van der Waals surface area contributed by atoms with Gasteiger partial charge in [-0.2, -0.15) is 0 Å². The molecule has 0 aromatic carbocycles. The van der Waals surface area contributed by atoms with Crippen molar-refractivity contribution in [1.29, 1.82) is 0 Å². The zero-order valence-electron chi connectivity index (χ0n) is 10.6. The van der Waals surface area contributed by atoms with Crippen LogP contribution in [0.3, 0.4) is 0 Å². The predicted octanol–water partition coefficient (Wildman–Crippen LogP) is 1.27. The van der Waals surface area contributed by atoms with E-state index in [0.29, 0.717) is 13.2 Å². The topological polar surface area (TPSA) is 61.6 Å². The number of nitrogens with two attached hydrogens (primary N) is 1. The molecule has 0 aromatic heterocycles. The van der Waals surface area contributed by atoms with Gasteiger partial charge < -0.3 is 15.2 Å². The van der Waals surface area contributed by atoms with Gasteiger partial charge in [-0.1, -0.05) is 13.3 Å².